The van der Waals surface area contributed by atoms with Crippen LogP contribution >= 0.6 is 0 Å². The molecule has 0 radical (unpaired) electrons. The average molecular weight is 438 g/mol. The first-order valence-electron chi connectivity index (χ1n) is 8.64. The standard InChI is InChI=1S/C18H14F4N6O3/c19-13-3-1-2-4-14(13)31-9-15(29)24-11-5-7-12(8-6-11)28-26-16(25-27-28)17(30)23-10-18(20,21)22/h1-8H,9-10H2,(H,23,30)(H,24,29). The average Bonchev–Trinajstić information content (AvgIpc) is 3.22. The van der Waals surface area contributed by atoms with E-state index in [4.69, 9.17) is 4.74 Å². The van der Waals surface area contributed by atoms with Crippen LogP contribution in [0.25, 0.3) is 5.69 Å². The lowest BCUT2D eigenvalue weighted by Crippen LogP contribution is -2.34. The number of amides is 2. The van der Waals surface area contributed by atoms with E-state index >= 15 is 0 Å². The Kier molecular flexibility index (Phi) is 6.43. The quantitative estimate of drug-likeness (QED) is 0.547. The highest BCUT2D eigenvalue weighted by molar-refractivity contribution is 5.92. The Morgan fingerprint density at radius 3 is 2.45 bits per heavy atom. The molecule has 0 saturated carbocycles. The second-order valence-corrected chi connectivity index (χ2v) is 6.01. The molecule has 0 unspecified atom stereocenters. The summed E-state index contributed by atoms with van der Waals surface area (Å²) in [5.41, 5.74) is 0.720. The van der Waals surface area contributed by atoms with Gasteiger partial charge in [-0.1, -0.05) is 12.1 Å². The van der Waals surface area contributed by atoms with Gasteiger partial charge in [0.2, 0.25) is 0 Å². The summed E-state index contributed by atoms with van der Waals surface area (Å²) in [7, 11) is 0. The molecule has 0 spiro atoms. The maximum Gasteiger partial charge on any atom is 0.405 e. The molecule has 2 N–H and O–H groups in total. The van der Waals surface area contributed by atoms with Crippen LogP contribution < -0.4 is 15.4 Å². The largest absolute Gasteiger partial charge is 0.481 e. The Hall–Kier alpha value is -4.03. The molecule has 13 heteroatoms. The Morgan fingerprint density at radius 1 is 1.06 bits per heavy atom. The summed E-state index contributed by atoms with van der Waals surface area (Å²) < 4.78 is 55.0. The fraction of sp³-hybridized carbons (Fsp3) is 0.167. The van der Waals surface area contributed by atoms with Crippen LogP contribution in [0.1, 0.15) is 10.6 Å². The smallest absolute Gasteiger partial charge is 0.405 e. The molecule has 1 aromatic heterocycles. The van der Waals surface area contributed by atoms with Crippen molar-refractivity contribution in [3.8, 4) is 11.4 Å². The number of alkyl halides is 3. The Morgan fingerprint density at radius 2 is 1.77 bits per heavy atom. The minimum atomic E-state index is -4.56. The normalized spacial score (nSPS) is 11.1. The third-order valence-corrected chi connectivity index (χ3v) is 3.64. The van der Waals surface area contributed by atoms with Crippen molar-refractivity contribution in [2.45, 2.75) is 6.18 Å². The van der Waals surface area contributed by atoms with Crippen LogP contribution in [0.4, 0.5) is 23.2 Å². The van der Waals surface area contributed by atoms with Crippen LogP contribution in [0.2, 0.25) is 0 Å². The highest BCUT2D eigenvalue weighted by atomic mass is 19.4. The molecule has 0 bridgehead atoms. The van der Waals surface area contributed by atoms with Gasteiger partial charge in [0, 0.05) is 5.69 Å². The summed E-state index contributed by atoms with van der Waals surface area (Å²) in [6, 6.07) is 11.6. The van der Waals surface area contributed by atoms with Crippen molar-refractivity contribution in [3.05, 3.63) is 60.2 Å². The van der Waals surface area contributed by atoms with E-state index in [0.29, 0.717) is 11.4 Å². The number of para-hydroxylation sites is 1. The SMILES string of the molecule is O=C(COc1ccccc1F)Nc1ccc(-n2nnc(C(=O)NCC(F)(F)F)n2)cc1. The van der Waals surface area contributed by atoms with Gasteiger partial charge in [0.05, 0.1) is 5.69 Å². The summed E-state index contributed by atoms with van der Waals surface area (Å²) in [5.74, 6) is -2.83. The molecule has 31 heavy (non-hydrogen) atoms. The molecule has 3 rings (SSSR count). The zero-order valence-corrected chi connectivity index (χ0v) is 15.6. The molecule has 0 aliphatic rings. The van der Waals surface area contributed by atoms with Gasteiger partial charge in [0.15, 0.2) is 18.2 Å². The van der Waals surface area contributed by atoms with Gasteiger partial charge in [0.25, 0.3) is 17.6 Å². The topological polar surface area (TPSA) is 111 Å². The monoisotopic (exact) mass is 438 g/mol. The van der Waals surface area contributed by atoms with E-state index in [9.17, 15) is 27.2 Å². The third kappa shape index (κ3) is 6.22. The van der Waals surface area contributed by atoms with Crippen LogP contribution in [0.5, 0.6) is 5.75 Å². The van der Waals surface area contributed by atoms with Gasteiger partial charge in [-0.3, -0.25) is 9.59 Å². The second-order valence-electron chi connectivity index (χ2n) is 6.01. The number of halogens is 4. The molecule has 3 aromatic rings. The number of nitrogens with zero attached hydrogens (tertiary/aromatic N) is 4. The molecule has 2 amide bonds. The van der Waals surface area contributed by atoms with Crippen LogP contribution in [0.15, 0.2) is 48.5 Å². The molecule has 0 fully saturated rings. The minimum Gasteiger partial charge on any atom is -0.481 e. The van der Waals surface area contributed by atoms with E-state index in [-0.39, 0.29) is 5.75 Å². The second kappa shape index (κ2) is 9.19. The fourth-order valence-corrected chi connectivity index (χ4v) is 2.25. The van der Waals surface area contributed by atoms with E-state index in [0.717, 1.165) is 4.80 Å². The fourth-order valence-electron chi connectivity index (χ4n) is 2.25. The molecular formula is C18H14F4N6O3. The summed E-state index contributed by atoms with van der Waals surface area (Å²) in [6.07, 6.45) is -4.56. The summed E-state index contributed by atoms with van der Waals surface area (Å²) in [4.78, 5) is 24.5. The molecule has 2 aromatic carbocycles. The highest BCUT2D eigenvalue weighted by Gasteiger charge is 2.28. The molecule has 0 saturated heterocycles. The van der Waals surface area contributed by atoms with Crippen LogP contribution in [0.3, 0.4) is 0 Å². The number of carbonyl (C=O) groups excluding carboxylic acids is 2. The van der Waals surface area contributed by atoms with E-state index in [1.165, 1.54) is 42.5 Å². The van der Waals surface area contributed by atoms with Crippen molar-refractivity contribution in [1.82, 2.24) is 25.5 Å². The lowest BCUT2D eigenvalue weighted by atomic mass is 10.3. The highest BCUT2D eigenvalue weighted by Crippen LogP contribution is 2.16. The predicted molar refractivity (Wildman–Crippen MR) is 98.1 cm³/mol. The molecule has 9 nitrogen and oxygen atoms in total. The van der Waals surface area contributed by atoms with Gasteiger partial charge in [-0.15, -0.1) is 15.0 Å². The number of rotatable bonds is 7. The van der Waals surface area contributed by atoms with Gasteiger partial charge in [-0.05, 0) is 41.6 Å². The number of tetrazole rings is 1. The lowest BCUT2D eigenvalue weighted by Gasteiger charge is -2.08. The van der Waals surface area contributed by atoms with Crippen LogP contribution in [0, 0.1) is 5.82 Å². The van der Waals surface area contributed by atoms with Crippen LogP contribution in [-0.2, 0) is 4.79 Å². The van der Waals surface area contributed by atoms with Crippen LogP contribution in [-0.4, -0.2) is 51.3 Å². The van der Waals surface area contributed by atoms with Crippen molar-refractivity contribution in [2.24, 2.45) is 0 Å². The van der Waals surface area contributed by atoms with E-state index < -0.39 is 42.8 Å². The Balaban J connectivity index is 1.55. The first kappa shape index (κ1) is 21.7. The maximum absolute atomic E-state index is 13.5. The van der Waals surface area contributed by atoms with Crippen molar-refractivity contribution in [1.29, 1.82) is 0 Å². The number of anilines is 1. The zero-order chi connectivity index (χ0) is 22.4. The van der Waals surface area contributed by atoms with Crippen molar-refractivity contribution in [3.63, 3.8) is 0 Å². The van der Waals surface area contributed by atoms with Gasteiger partial charge in [-0.25, -0.2) is 4.39 Å². The molecule has 162 valence electrons. The number of benzene rings is 2. The van der Waals surface area contributed by atoms with Crippen molar-refractivity contribution < 1.29 is 31.9 Å². The summed E-state index contributed by atoms with van der Waals surface area (Å²) >= 11 is 0. The lowest BCUT2D eigenvalue weighted by molar-refractivity contribution is -0.123. The van der Waals surface area contributed by atoms with Gasteiger partial charge < -0.3 is 15.4 Å². The predicted octanol–water partition coefficient (Wildman–Crippen LogP) is 2.11. The van der Waals surface area contributed by atoms with Gasteiger partial charge in [-0.2, -0.15) is 13.2 Å². The number of ether oxygens (including phenoxy) is 1. The molecule has 0 atom stereocenters. The molecule has 0 aliphatic carbocycles. The van der Waals surface area contributed by atoms with Crippen molar-refractivity contribution in [2.75, 3.05) is 18.5 Å². The number of aromatic nitrogens is 4. The zero-order valence-electron chi connectivity index (χ0n) is 15.6. The maximum atomic E-state index is 13.5. The van der Waals surface area contributed by atoms with E-state index in [1.54, 1.807) is 11.4 Å². The number of carbonyl (C=O) groups is 2. The van der Waals surface area contributed by atoms with Crippen molar-refractivity contribution >= 4 is 17.5 Å². The number of hydrogen-bond donors (Lipinski definition) is 2. The minimum absolute atomic E-state index is 0.0553. The first-order chi connectivity index (χ1) is 14.7. The summed E-state index contributed by atoms with van der Waals surface area (Å²) in [5, 5.41) is 14.9. The third-order valence-electron chi connectivity index (χ3n) is 3.64. The van der Waals surface area contributed by atoms with E-state index in [2.05, 4.69) is 20.7 Å². The number of hydrogen-bond acceptors (Lipinski definition) is 6. The number of nitrogens with one attached hydrogen (secondary N) is 2. The van der Waals surface area contributed by atoms with Gasteiger partial charge in [0.1, 0.15) is 6.54 Å². The Bertz CT molecular complexity index is 1070. The summed E-state index contributed by atoms with van der Waals surface area (Å²) in [6.45, 7) is -1.93. The molecule has 1 heterocycles. The Labute approximate surface area is 172 Å². The molecule has 0 aliphatic heterocycles. The van der Waals surface area contributed by atoms with E-state index in [1.807, 2.05) is 0 Å². The van der Waals surface area contributed by atoms with Gasteiger partial charge >= 0.3 is 6.18 Å². The molecular weight excluding hydrogens is 424 g/mol. The first-order valence-corrected chi connectivity index (χ1v) is 8.64.